The van der Waals surface area contributed by atoms with Crippen LogP contribution in [0.2, 0.25) is 0 Å². The number of phenols is 1. The van der Waals surface area contributed by atoms with Crippen molar-refractivity contribution in [1.29, 1.82) is 0 Å². The Labute approximate surface area is 158 Å². The summed E-state index contributed by atoms with van der Waals surface area (Å²) in [5.41, 5.74) is 3.73. The lowest BCUT2D eigenvalue weighted by Crippen LogP contribution is -2.38. The zero-order chi connectivity index (χ0) is 18.3. The van der Waals surface area contributed by atoms with Gasteiger partial charge in [0, 0.05) is 35.3 Å². The lowest BCUT2D eigenvalue weighted by molar-refractivity contribution is 0.0935. The summed E-state index contributed by atoms with van der Waals surface area (Å²) < 4.78 is 0. The highest BCUT2D eigenvalue weighted by molar-refractivity contribution is 7.16. The molecule has 4 rings (SSSR count). The van der Waals surface area contributed by atoms with Gasteiger partial charge in [-0.2, -0.15) is 0 Å². The molecule has 138 valence electrons. The molecule has 0 spiro atoms. The summed E-state index contributed by atoms with van der Waals surface area (Å²) in [6, 6.07) is 5.69. The quantitative estimate of drug-likeness (QED) is 0.759. The average Bonchev–Trinajstić information content (AvgIpc) is 3.01. The second-order valence-electron chi connectivity index (χ2n) is 6.88. The highest BCUT2D eigenvalue weighted by atomic mass is 32.1. The van der Waals surface area contributed by atoms with Crippen molar-refractivity contribution in [2.45, 2.75) is 45.7 Å². The van der Waals surface area contributed by atoms with Gasteiger partial charge in [0.15, 0.2) is 0 Å². The van der Waals surface area contributed by atoms with E-state index in [0.717, 1.165) is 48.6 Å². The van der Waals surface area contributed by atoms with E-state index in [2.05, 4.69) is 29.4 Å². The number of aromatic hydroxyl groups is 1. The molecule has 2 heterocycles. The number of aryl methyl sites for hydroxylation is 1. The molecular weight excluding hydrogens is 346 g/mol. The van der Waals surface area contributed by atoms with Gasteiger partial charge < -0.3 is 20.6 Å². The van der Waals surface area contributed by atoms with Crippen LogP contribution in [0.5, 0.6) is 5.75 Å². The maximum Gasteiger partial charge on any atom is 0.256 e. The van der Waals surface area contributed by atoms with Crippen molar-refractivity contribution in [3.63, 3.8) is 0 Å². The van der Waals surface area contributed by atoms with E-state index in [1.807, 2.05) is 12.1 Å². The van der Waals surface area contributed by atoms with Gasteiger partial charge in [0.05, 0.1) is 5.56 Å². The van der Waals surface area contributed by atoms with Crippen molar-refractivity contribution >= 4 is 27.9 Å². The minimum atomic E-state index is -0.402. The number of anilines is 2. The third kappa shape index (κ3) is 2.82. The fraction of sp³-hybridized carbons (Fsp3) is 0.450. The number of hydrogen-bond donors (Lipinski definition) is 3. The molecule has 2 aromatic rings. The Kier molecular flexibility index (Phi) is 4.53. The van der Waals surface area contributed by atoms with Gasteiger partial charge in [-0.25, -0.2) is 0 Å². The van der Waals surface area contributed by atoms with Crippen molar-refractivity contribution in [3.05, 3.63) is 39.8 Å². The van der Waals surface area contributed by atoms with Gasteiger partial charge in [-0.15, -0.1) is 11.3 Å². The molecule has 5 nitrogen and oxygen atoms in total. The van der Waals surface area contributed by atoms with E-state index in [4.69, 9.17) is 0 Å². The maximum absolute atomic E-state index is 12.7. The summed E-state index contributed by atoms with van der Waals surface area (Å²) in [4.78, 5) is 16.3. The lowest BCUT2D eigenvalue weighted by Gasteiger charge is -2.28. The van der Waals surface area contributed by atoms with Crippen LogP contribution >= 0.6 is 11.3 Å². The number of rotatable bonds is 4. The monoisotopic (exact) mass is 371 g/mol. The normalized spacial score (nSPS) is 18.5. The Morgan fingerprint density at radius 2 is 1.96 bits per heavy atom. The van der Waals surface area contributed by atoms with E-state index in [-0.39, 0.29) is 11.7 Å². The van der Waals surface area contributed by atoms with Crippen molar-refractivity contribution in [1.82, 2.24) is 5.32 Å². The van der Waals surface area contributed by atoms with Crippen molar-refractivity contribution in [3.8, 4) is 5.75 Å². The van der Waals surface area contributed by atoms with Gasteiger partial charge in [0.25, 0.3) is 5.91 Å². The second-order valence-corrected chi connectivity index (χ2v) is 7.99. The van der Waals surface area contributed by atoms with E-state index in [9.17, 15) is 9.90 Å². The molecular formula is C20H25N3O2S. The van der Waals surface area contributed by atoms with Crippen molar-refractivity contribution in [2.75, 3.05) is 23.3 Å². The molecule has 6 heteroatoms. The zero-order valence-corrected chi connectivity index (χ0v) is 16.1. The molecule has 0 unspecified atom stereocenters. The molecule has 0 radical (unpaired) electrons. The topological polar surface area (TPSA) is 64.6 Å². The minimum Gasteiger partial charge on any atom is -0.507 e. The Morgan fingerprint density at radius 1 is 1.19 bits per heavy atom. The first kappa shape index (κ1) is 17.2. The summed E-state index contributed by atoms with van der Waals surface area (Å²) >= 11 is 1.70. The van der Waals surface area contributed by atoms with Crippen LogP contribution in [0.1, 0.15) is 59.2 Å². The largest absolute Gasteiger partial charge is 0.507 e. The van der Waals surface area contributed by atoms with Crippen LogP contribution in [-0.2, 0) is 12.8 Å². The highest BCUT2D eigenvalue weighted by Crippen LogP contribution is 2.42. The number of thiophene rings is 1. The number of fused-ring (bicyclic) bond motifs is 3. The molecule has 0 saturated heterocycles. The van der Waals surface area contributed by atoms with Gasteiger partial charge in [0.1, 0.15) is 16.9 Å². The van der Waals surface area contributed by atoms with E-state index in [1.165, 1.54) is 16.9 Å². The van der Waals surface area contributed by atoms with E-state index in [0.29, 0.717) is 5.56 Å². The summed E-state index contributed by atoms with van der Waals surface area (Å²) in [6.45, 7) is 5.96. The lowest BCUT2D eigenvalue weighted by atomic mass is 9.94. The van der Waals surface area contributed by atoms with Gasteiger partial charge in [-0.1, -0.05) is 0 Å². The third-order valence-electron chi connectivity index (χ3n) is 5.40. The predicted molar refractivity (Wildman–Crippen MR) is 106 cm³/mol. The number of nitrogens with zero attached hydrogens (tertiary/aromatic N) is 1. The molecule has 2 aliphatic rings. The molecule has 0 bridgehead atoms. The summed E-state index contributed by atoms with van der Waals surface area (Å²) in [5.74, 6) is 0.173. The molecule has 3 N–H and O–H groups in total. The van der Waals surface area contributed by atoms with Crippen LogP contribution in [-0.4, -0.2) is 24.1 Å². The molecule has 1 amide bonds. The first-order chi connectivity index (χ1) is 12.6. The summed E-state index contributed by atoms with van der Waals surface area (Å²) in [6.07, 6.45) is 4.01. The number of benzene rings is 1. The van der Waals surface area contributed by atoms with Crippen LogP contribution in [0.3, 0.4) is 0 Å². The Bertz CT molecular complexity index is 842. The number of amides is 1. The first-order valence-corrected chi connectivity index (χ1v) is 10.2. The second kappa shape index (κ2) is 6.83. The Balaban J connectivity index is 1.64. The Morgan fingerprint density at radius 3 is 2.69 bits per heavy atom. The summed E-state index contributed by atoms with van der Waals surface area (Å²) in [7, 11) is 0. The fourth-order valence-electron chi connectivity index (χ4n) is 4.00. The van der Waals surface area contributed by atoms with Crippen LogP contribution in [0.4, 0.5) is 10.7 Å². The number of nitrogens with one attached hydrogen (secondary N) is 2. The van der Waals surface area contributed by atoms with Gasteiger partial charge in [-0.3, -0.25) is 4.79 Å². The van der Waals surface area contributed by atoms with Crippen LogP contribution in [0.25, 0.3) is 0 Å². The molecule has 1 aliphatic heterocycles. The van der Waals surface area contributed by atoms with E-state index in [1.54, 1.807) is 17.4 Å². The molecule has 1 atom stereocenters. The first-order valence-electron chi connectivity index (χ1n) is 9.42. The Hall–Kier alpha value is -2.21. The highest BCUT2D eigenvalue weighted by Gasteiger charge is 2.32. The van der Waals surface area contributed by atoms with Gasteiger partial charge >= 0.3 is 0 Å². The third-order valence-corrected chi connectivity index (χ3v) is 6.63. The maximum atomic E-state index is 12.7. The minimum absolute atomic E-state index is 0.0321. The standard InChI is InChI=1S/C20H25N3O2S/c1-3-23(4-2)12-9-10-13(15(24)11-12)18-21-19(25)17-14-7-5-6-8-16(14)26-20(17)22-18/h9-11,18,22,24H,3-8H2,1-2H3,(H,21,25)/t18-/m0/s1. The summed E-state index contributed by atoms with van der Waals surface area (Å²) in [5, 5.41) is 18.0. The molecule has 26 heavy (non-hydrogen) atoms. The molecule has 0 saturated carbocycles. The molecule has 1 aromatic carbocycles. The number of carbonyl (C=O) groups excluding carboxylic acids is 1. The number of hydrogen-bond acceptors (Lipinski definition) is 5. The molecule has 0 fully saturated rings. The van der Waals surface area contributed by atoms with Crippen molar-refractivity contribution < 1.29 is 9.90 Å². The molecule has 1 aromatic heterocycles. The van der Waals surface area contributed by atoms with E-state index < -0.39 is 6.17 Å². The van der Waals surface area contributed by atoms with Crippen LogP contribution < -0.4 is 15.5 Å². The molecule has 1 aliphatic carbocycles. The van der Waals surface area contributed by atoms with Crippen LogP contribution in [0, 0.1) is 0 Å². The SMILES string of the molecule is CCN(CC)c1ccc([C@H]2NC(=O)c3c(sc4c3CCCC4)N2)c(O)c1. The van der Waals surface area contributed by atoms with Crippen LogP contribution in [0.15, 0.2) is 18.2 Å². The average molecular weight is 372 g/mol. The van der Waals surface area contributed by atoms with E-state index >= 15 is 0 Å². The number of carbonyl (C=O) groups is 1. The van der Waals surface area contributed by atoms with Crippen molar-refractivity contribution in [2.24, 2.45) is 0 Å². The zero-order valence-electron chi connectivity index (χ0n) is 15.3. The predicted octanol–water partition coefficient (Wildman–Crippen LogP) is 4.03. The number of phenolic OH excluding ortho intramolecular Hbond substituents is 1. The fourth-order valence-corrected chi connectivity index (χ4v) is 5.31. The van der Waals surface area contributed by atoms with Gasteiger partial charge in [-0.05, 0) is 57.2 Å². The van der Waals surface area contributed by atoms with Gasteiger partial charge in [0.2, 0.25) is 0 Å². The smallest absolute Gasteiger partial charge is 0.256 e.